The number of amides is 1. The van der Waals surface area contributed by atoms with Crippen molar-refractivity contribution in [2.24, 2.45) is 5.92 Å². The maximum atomic E-state index is 11.5. The Kier molecular flexibility index (Phi) is 4.49. The number of carbonyl (C=O) groups is 2. The highest BCUT2D eigenvalue weighted by Gasteiger charge is 2.20. The Morgan fingerprint density at radius 1 is 1.16 bits per heavy atom. The molecule has 0 radical (unpaired) electrons. The maximum absolute atomic E-state index is 11.5. The summed E-state index contributed by atoms with van der Waals surface area (Å²) in [5, 5.41) is 11.1. The number of nitrogens with one attached hydrogen (secondary N) is 2. The van der Waals surface area contributed by atoms with E-state index in [1.54, 1.807) is 0 Å². The summed E-state index contributed by atoms with van der Waals surface area (Å²) in [5.74, 6) is -3.02. The van der Waals surface area contributed by atoms with Gasteiger partial charge in [-0.3, -0.25) is 14.3 Å². The summed E-state index contributed by atoms with van der Waals surface area (Å²) in [6.07, 6.45) is 1.03. The molecule has 1 aromatic carbocycles. The number of sulfonamides is 1. The molecule has 1 rings (SSSR count). The fraction of sp³-hybridized carbons (Fsp3) is 0.273. The molecule has 7 nitrogen and oxygen atoms in total. The number of rotatable bonds is 5. The molecule has 1 amide bonds. The van der Waals surface area contributed by atoms with Crippen molar-refractivity contribution in [3.05, 3.63) is 24.3 Å². The van der Waals surface area contributed by atoms with Crippen LogP contribution in [0.4, 0.5) is 11.4 Å². The fourth-order valence-corrected chi connectivity index (χ4v) is 1.76. The molecule has 0 fully saturated rings. The zero-order chi connectivity index (χ0) is 14.6. The maximum Gasteiger partial charge on any atom is 0.315 e. The van der Waals surface area contributed by atoms with E-state index in [0.717, 1.165) is 6.26 Å². The minimum Gasteiger partial charge on any atom is -0.481 e. The minimum absolute atomic E-state index is 0.354. The molecule has 0 saturated heterocycles. The van der Waals surface area contributed by atoms with Crippen LogP contribution in [-0.4, -0.2) is 31.7 Å². The average molecular weight is 286 g/mol. The summed E-state index contributed by atoms with van der Waals surface area (Å²) in [6, 6.07) is 5.87. The normalized spacial score (nSPS) is 12.5. The highest BCUT2D eigenvalue weighted by molar-refractivity contribution is 7.92. The van der Waals surface area contributed by atoms with E-state index in [1.165, 1.54) is 31.2 Å². The second-order valence-corrected chi connectivity index (χ2v) is 5.75. The minimum atomic E-state index is -3.35. The topological polar surface area (TPSA) is 113 Å². The van der Waals surface area contributed by atoms with E-state index in [2.05, 4.69) is 10.0 Å². The molecule has 1 unspecified atom stereocenters. The van der Waals surface area contributed by atoms with Crippen LogP contribution in [0.3, 0.4) is 0 Å². The number of hydrogen-bond acceptors (Lipinski definition) is 4. The number of hydrogen-bond donors (Lipinski definition) is 3. The van der Waals surface area contributed by atoms with Crippen molar-refractivity contribution < 1.29 is 23.1 Å². The number of carboxylic acids is 1. The van der Waals surface area contributed by atoms with E-state index in [4.69, 9.17) is 5.11 Å². The SMILES string of the molecule is CC(C(=O)O)C(=O)Nc1ccc(NS(C)(=O)=O)cc1. The first-order valence-electron chi connectivity index (χ1n) is 5.30. The van der Waals surface area contributed by atoms with Gasteiger partial charge in [-0.2, -0.15) is 0 Å². The van der Waals surface area contributed by atoms with Crippen LogP contribution in [0.1, 0.15) is 6.92 Å². The van der Waals surface area contributed by atoms with Crippen LogP contribution in [-0.2, 0) is 19.6 Å². The van der Waals surface area contributed by atoms with Gasteiger partial charge < -0.3 is 10.4 Å². The lowest BCUT2D eigenvalue weighted by Gasteiger charge is -2.09. The Morgan fingerprint density at radius 3 is 2.05 bits per heavy atom. The molecule has 104 valence electrons. The van der Waals surface area contributed by atoms with Gasteiger partial charge in [-0.05, 0) is 31.2 Å². The van der Waals surface area contributed by atoms with Gasteiger partial charge in [-0.1, -0.05) is 0 Å². The first-order valence-corrected chi connectivity index (χ1v) is 7.20. The van der Waals surface area contributed by atoms with Crippen molar-refractivity contribution in [2.45, 2.75) is 6.92 Å². The predicted octanol–water partition coefficient (Wildman–Crippen LogP) is 0.717. The molecular weight excluding hydrogens is 272 g/mol. The van der Waals surface area contributed by atoms with E-state index >= 15 is 0 Å². The van der Waals surface area contributed by atoms with Crippen LogP contribution in [0.2, 0.25) is 0 Å². The Hall–Kier alpha value is -2.09. The molecule has 0 aliphatic carbocycles. The van der Waals surface area contributed by atoms with Crippen LogP contribution in [0, 0.1) is 5.92 Å². The number of benzene rings is 1. The van der Waals surface area contributed by atoms with Gasteiger partial charge in [0.05, 0.1) is 6.26 Å². The molecule has 0 bridgehead atoms. The van der Waals surface area contributed by atoms with Crippen molar-refractivity contribution in [1.29, 1.82) is 0 Å². The zero-order valence-corrected chi connectivity index (χ0v) is 11.2. The number of carboxylic acid groups (broad SMARTS) is 1. The van der Waals surface area contributed by atoms with Crippen molar-refractivity contribution in [1.82, 2.24) is 0 Å². The predicted molar refractivity (Wildman–Crippen MR) is 70.3 cm³/mol. The first-order chi connectivity index (χ1) is 8.69. The Bertz CT molecular complexity index is 580. The van der Waals surface area contributed by atoms with Gasteiger partial charge in [0.1, 0.15) is 5.92 Å². The van der Waals surface area contributed by atoms with Gasteiger partial charge in [0.15, 0.2) is 0 Å². The Morgan fingerprint density at radius 2 is 1.63 bits per heavy atom. The van der Waals surface area contributed by atoms with Crippen LogP contribution in [0.15, 0.2) is 24.3 Å². The molecule has 0 aromatic heterocycles. The largest absolute Gasteiger partial charge is 0.481 e. The highest BCUT2D eigenvalue weighted by Crippen LogP contribution is 2.15. The van der Waals surface area contributed by atoms with Crippen molar-refractivity contribution in [2.75, 3.05) is 16.3 Å². The van der Waals surface area contributed by atoms with Gasteiger partial charge in [-0.25, -0.2) is 8.42 Å². The van der Waals surface area contributed by atoms with Crippen LogP contribution >= 0.6 is 0 Å². The first kappa shape index (κ1) is 15.0. The van der Waals surface area contributed by atoms with E-state index in [9.17, 15) is 18.0 Å². The molecular formula is C11H14N2O5S. The lowest BCUT2D eigenvalue weighted by atomic mass is 10.1. The Balaban J connectivity index is 2.72. The van der Waals surface area contributed by atoms with Gasteiger partial charge >= 0.3 is 5.97 Å². The third-order valence-corrected chi connectivity index (χ3v) is 2.83. The molecule has 0 aliphatic heterocycles. The zero-order valence-electron chi connectivity index (χ0n) is 10.4. The smallest absolute Gasteiger partial charge is 0.315 e. The standard InChI is InChI=1S/C11H14N2O5S/c1-7(11(15)16)10(14)12-8-3-5-9(6-4-8)13-19(2,17)18/h3-7,13H,1-2H3,(H,12,14)(H,15,16). The summed E-state index contributed by atoms with van der Waals surface area (Å²) >= 11 is 0. The van der Waals surface area contributed by atoms with Gasteiger partial charge in [0, 0.05) is 11.4 Å². The van der Waals surface area contributed by atoms with Gasteiger partial charge in [0.25, 0.3) is 0 Å². The average Bonchev–Trinajstić information content (AvgIpc) is 2.28. The van der Waals surface area contributed by atoms with Crippen molar-refractivity contribution in [3.8, 4) is 0 Å². The summed E-state index contributed by atoms with van der Waals surface area (Å²) in [4.78, 5) is 22.1. The summed E-state index contributed by atoms with van der Waals surface area (Å²) < 4.78 is 24.2. The van der Waals surface area contributed by atoms with Crippen LogP contribution < -0.4 is 10.0 Å². The van der Waals surface area contributed by atoms with E-state index in [0.29, 0.717) is 11.4 Å². The second kappa shape index (κ2) is 5.70. The summed E-state index contributed by atoms with van der Waals surface area (Å²) in [6.45, 7) is 1.28. The quantitative estimate of drug-likeness (QED) is 0.690. The molecule has 0 heterocycles. The third-order valence-electron chi connectivity index (χ3n) is 2.22. The molecule has 8 heteroatoms. The number of carbonyl (C=O) groups excluding carboxylic acids is 1. The molecule has 19 heavy (non-hydrogen) atoms. The molecule has 0 spiro atoms. The Labute approximate surface area is 110 Å². The molecule has 1 aromatic rings. The lowest BCUT2D eigenvalue weighted by molar-refractivity contribution is -0.144. The molecule has 1 atom stereocenters. The van der Waals surface area contributed by atoms with Gasteiger partial charge in [0.2, 0.25) is 15.9 Å². The molecule has 0 saturated carbocycles. The second-order valence-electron chi connectivity index (χ2n) is 4.00. The third kappa shape index (κ3) is 4.96. The van der Waals surface area contributed by atoms with Crippen LogP contribution in [0.25, 0.3) is 0 Å². The number of aliphatic carboxylic acids is 1. The van der Waals surface area contributed by atoms with E-state index < -0.39 is 27.8 Å². The lowest BCUT2D eigenvalue weighted by Crippen LogP contribution is -2.26. The van der Waals surface area contributed by atoms with Crippen molar-refractivity contribution in [3.63, 3.8) is 0 Å². The molecule has 3 N–H and O–H groups in total. The summed E-state index contributed by atoms with van der Waals surface area (Å²) in [5.41, 5.74) is 0.740. The van der Waals surface area contributed by atoms with Gasteiger partial charge in [-0.15, -0.1) is 0 Å². The fourth-order valence-electron chi connectivity index (χ4n) is 1.20. The summed E-state index contributed by atoms with van der Waals surface area (Å²) in [7, 11) is -3.35. The van der Waals surface area contributed by atoms with Crippen molar-refractivity contribution >= 4 is 33.3 Å². The van der Waals surface area contributed by atoms with E-state index in [-0.39, 0.29) is 0 Å². The van der Waals surface area contributed by atoms with Crippen LogP contribution in [0.5, 0.6) is 0 Å². The monoisotopic (exact) mass is 286 g/mol. The number of anilines is 2. The highest BCUT2D eigenvalue weighted by atomic mass is 32.2. The molecule has 0 aliphatic rings. The van der Waals surface area contributed by atoms with E-state index in [1.807, 2.05) is 0 Å².